The van der Waals surface area contributed by atoms with Crippen molar-refractivity contribution in [3.63, 3.8) is 0 Å². The molecular weight excluding hydrogens is 344 g/mol. The molecule has 0 aliphatic heterocycles. The van der Waals surface area contributed by atoms with Crippen molar-refractivity contribution in [3.8, 4) is 0 Å². The van der Waals surface area contributed by atoms with Gasteiger partial charge in [-0.25, -0.2) is 9.97 Å². The molecule has 0 unspecified atom stereocenters. The second kappa shape index (κ2) is 8.70. The lowest BCUT2D eigenvalue weighted by atomic mass is 10.2. The Morgan fingerprint density at radius 3 is 2.74 bits per heavy atom. The maximum Gasteiger partial charge on any atom is 0.271 e. The number of carbonyl (C=O) groups is 1. The Hall–Kier alpha value is -3.55. The van der Waals surface area contributed by atoms with E-state index in [9.17, 15) is 9.59 Å². The molecule has 0 radical (unpaired) electrons. The molecule has 0 aliphatic carbocycles. The predicted molar refractivity (Wildman–Crippen MR) is 101 cm³/mol. The Labute approximate surface area is 156 Å². The third kappa shape index (κ3) is 4.97. The Morgan fingerprint density at radius 2 is 2.00 bits per heavy atom. The number of aromatic nitrogens is 4. The van der Waals surface area contributed by atoms with Gasteiger partial charge in [0.2, 0.25) is 0 Å². The average molecular weight is 364 g/mol. The van der Waals surface area contributed by atoms with Crippen molar-refractivity contribution in [1.29, 1.82) is 0 Å². The molecule has 0 spiro atoms. The van der Waals surface area contributed by atoms with Crippen LogP contribution in [0.3, 0.4) is 0 Å². The number of H-pyrrole nitrogens is 1. The molecule has 0 saturated heterocycles. The molecule has 3 aromatic heterocycles. The third-order valence-electron chi connectivity index (χ3n) is 4.00. The van der Waals surface area contributed by atoms with E-state index in [1.54, 1.807) is 12.4 Å². The number of amides is 1. The molecule has 3 aromatic rings. The Bertz CT molecular complexity index is 937. The Kier molecular flexibility index (Phi) is 5.88. The Balaban J connectivity index is 1.63. The van der Waals surface area contributed by atoms with Crippen LogP contribution in [0, 0.1) is 0 Å². The van der Waals surface area contributed by atoms with Crippen LogP contribution in [0.25, 0.3) is 0 Å². The van der Waals surface area contributed by atoms with Crippen LogP contribution in [0.4, 0.5) is 5.82 Å². The van der Waals surface area contributed by atoms with Gasteiger partial charge in [0.1, 0.15) is 11.5 Å². The minimum absolute atomic E-state index is 0.156. The number of carbonyl (C=O) groups excluding carboxylic acids is 1. The number of hydrogen-bond acceptors (Lipinski definition) is 6. The summed E-state index contributed by atoms with van der Waals surface area (Å²) in [5, 5.41) is 2.80. The topological polar surface area (TPSA) is 104 Å². The summed E-state index contributed by atoms with van der Waals surface area (Å²) in [5.41, 5.74) is 1.71. The van der Waals surface area contributed by atoms with E-state index < -0.39 is 0 Å². The van der Waals surface area contributed by atoms with E-state index in [-0.39, 0.29) is 17.2 Å². The van der Waals surface area contributed by atoms with Gasteiger partial charge in [-0.1, -0.05) is 12.1 Å². The van der Waals surface area contributed by atoms with Crippen molar-refractivity contribution < 1.29 is 4.79 Å². The molecule has 8 heteroatoms. The molecule has 0 aromatic carbocycles. The maximum absolute atomic E-state index is 12.2. The third-order valence-corrected chi connectivity index (χ3v) is 4.00. The molecule has 138 valence electrons. The number of hydrogen-bond donors (Lipinski definition) is 2. The summed E-state index contributed by atoms with van der Waals surface area (Å²) >= 11 is 0. The molecule has 27 heavy (non-hydrogen) atoms. The summed E-state index contributed by atoms with van der Waals surface area (Å²) in [7, 11) is 1.96. The standard InChI is InChI=1S/C19H20N6O2/c1-25(10-7-15-6-2-3-8-20-15)18-14(5-4-9-21-18)11-24-19(27)16-12-23-17(26)13-22-16/h2-6,8-9,12-13H,7,10-11H2,1H3,(H,23,26)(H,24,27). The van der Waals surface area contributed by atoms with Crippen LogP contribution >= 0.6 is 0 Å². The van der Waals surface area contributed by atoms with E-state index in [1.165, 1.54) is 6.20 Å². The number of anilines is 1. The van der Waals surface area contributed by atoms with E-state index in [0.717, 1.165) is 36.2 Å². The first-order chi connectivity index (χ1) is 13.1. The summed E-state index contributed by atoms with van der Waals surface area (Å²) in [6, 6.07) is 9.60. The van der Waals surface area contributed by atoms with Gasteiger partial charge in [-0.3, -0.25) is 14.6 Å². The highest BCUT2D eigenvalue weighted by molar-refractivity contribution is 5.91. The van der Waals surface area contributed by atoms with Crippen molar-refractivity contribution in [2.24, 2.45) is 0 Å². The summed E-state index contributed by atoms with van der Waals surface area (Å²) < 4.78 is 0. The lowest BCUT2D eigenvalue weighted by molar-refractivity contribution is 0.0945. The number of nitrogens with one attached hydrogen (secondary N) is 2. The number of pyridine rings is 2. The highest BCUT2D eigenvalue weighted by Crippen LogP contribution is 2.16. The lowest BCUT2D eigenvalue weighted by Gasteiger charge is -2.21. The van der Waals surface area contributed by atoms with Crippen LogP contribution in [0.2, 0.25) is 0 Å². The van der Waals surface area contributed by atoms with Crippen LogP contribution < -0.4 is 15.8 Å². The van der Waals surface area contributed by atoms with E-state index in [2.05, 4.69) is 25.3 Å². The molecule has 0 aliphatic rings. The van der Waals surface area contributed by atoms with Crippen LogP contribution in [0.5, 0.6) is 0 Å². The van der Waals surface area contributed by atoms with E-state index in [0.29, 0.717) is 6.54 Å². The van der Waals surface area contributed by atoms with Gasteiger partial charge >= 0.3 is 0 Å². The van der Waals surface area contributed by atoms with Crippen molar-refractivity contribution in [2.45, 2.75) is 13.0 Å². The average Bonchev–Trinajstić information content (AvgIpc) is 2.71. The van der Waals surface area contributed by atoms with Crippen LogP contribution in [0.1, 0.15) is 21.7 Å². The maximum atomic E-state index is 12.2. The van der Waals surface area contributed by atoms with E-state index in [1.807, 2.05) is 42.3 Å². The monoisotopic (exact) mass is 364 g/mol. The highest BCUT2D eigenvalue weighted by Gasteiger charge is 2.12. The largest absolute Gasteiger partial charge is 0.359 e. The summed E-state index contributed by atoms with van der Waals surface area (Å²) in [6.45, 7) is 1.05. The number of aromatic amines is 1. The van der Waals surface area contributed by atoms with Crippen LogP contribution in [0.15, 0.2) is 59.9 Å². The van der Waals surface area contributed by atoms with Crippen molar-refractivity contribution >= 4 is 11.7 Å². The molecule has 2 N–H and O–H groups in total. The van der Waals surface area contributed by atoms with Crippen molar-refractivity contribution in [1.82, 2.24) is 25.3 Å². The first-order valence-electron chi connectivity index (χ1n) is 8.51. The fraction of sp³-hybridized carbons (Fsp3) is 0.211. The van der Waals surface area contributed by atoms with Crippen molar-refractivity contribution in [3.05, 3.63) is 82.4 Å². The minimum atomic E-state index is -0.364. The molecule has 0 bridgehead atoms. The molecule has 8 nitrogen and oxygen atoms in total. The van der Waals surface area contributed by atoms with Gasteiger partial charge in [0.05, 0.1) is 6.20 Å². The van der Waals surface area contributed by atoms with Gasteiger partial charge in [-0.15, -0.1) is 0 Å². The van der Waals surface area contributed by atoms with Gasteiger partial charge in [-0.05, 0) is 18.2 Å². The number of nitrogens with zero attached hydrogens (tertiary/aromatic N) is 4. The molecular formula is C19H20N6O2. The zero-order chi connectivity index (χ0) is 19.1. The van der Waals surface area contributed by atoms with Gasteiger partial charge in [0.25, 0.3) is 11.5 Å². The molecule has 0 saturated carbocycles. The molecule has 0 atom stereocenters. The molecule has 1 amide bonds. The smallest absolute Gasteiger partial charge is 0.271 e. The fourth-order valence-corrected chi connectivity index (χ4v) is 2.58. The van der Waals surface area contributed by atoms with E-state index in [4.69, 9.17) is 0 Å². The van der Waals surface area contributed by atoms with Gasteiger partial charge in [0, 0.05) is 56.4 Å². The second-order valence-corrected chi connectivity index (χ2v) is 5.96. The molecule has 0 fully saturated rings. The van der Waals surface area contributed by atoms with Crippen molar-refractivity contribution in [2.75, 3.05) is 18.5 Å². The normalized spacial score (nSPS) is 10.4. The first kappa shape index (κ1) is 18.2. The van der Waals surface area contributed by atoms with Crippen LogP contribution in [-0.4, -0.2) is 39.4 Å². The number of likely N-dealkylation sites (N-methyl/N-ethyl adjacent to an activating group) is 1. The Morgan fingerprint density at radius 1 is 1.15 bits per heavy atom. The van der Waals surface area contributed by atoms with Gasteiger partial charge in [0.15, 0.2) is 0 Å². The molecule has 3 rings (SSSR count). The summed E-state index contributed by atoms with van der Waals surface area (Å²) in [6.07, 6.45) is 6.67. The highest BCUT2D eigenvalue weighted by atomic mass is 16.2. The lowest BCUT2D eigenvalue weighted by Crippen LogP contribution is -2.28. The predicted octanol–water partition coefficient (Wildman–Crippen LogP) is 1.17. The van der Waals surface area contributed by atoms with Crippen LogP contribution in [-0.2, 0) is 13.0 Å². The van der Waals surface area contributed by atoms with Gasteiger partial charge < -0.3 is 15.2 Å². The van der Waals surface area contributed by atoms with E-state index >= 15 is 0 Å². The van der Waals surface area contributed by atoms with Gasteiger partial charge in [-0.2, -0.15) is 0 Å². The molecule has 3 heterocycles. The SMILES string of the molecule is CN(CCc1ccccn1)c1ncccc1CNC(=O)c1c[nH]c(=O)cn1. The zero-order valence-corrected chi connectivity index (χ0v) is 14.9. The summed E-state index contributed by atoms with van der Waals surface area (Å²) in [5.74, 6) is 0.431. The first-order valence-corrected chi connectivity index (χ1v) is 8.51. The quantitative estimate of drug-likeness (QED) is 0.652. The minimum Gasteiger partial charge on any atom is -0.359 e. The second-order valence-electron chi connectivity index (χ2n) is 5.96. The number of rotatable bonds is 7. The fourth-order valence-electron chi connectivity index (χ4n) is 2.58. The summed E-state index contributed by atoms with van der Waals surface area (Å²) in [4.78, 5) is 40.3. The zero-order valence-electron chi connectivity index (χ0n) is 14.9.